The van der Waals surface area contributed by atoms with E-state index in [1.807, 2.05) is 0 Å². The second-order valence-corrected chi connectivity index (χ2v) is 5.77. The average Bonchev–Trinajstić information content (AvgIpc) is 2.42. The van der Waals surface area contributed by atoms with Crippen LogP contribution in [0.2, 0.25) is 0 Å². The smallest absolute Gasteiger partial charge is 0.186 e. The standard InChI is InChI=1S/C17H20F2N2O/c1-11(2)8-20-9-13-10-21(12(3)7-16(13)22)17-14(18)5-4-6-15(17)19/h4-7,10-11,20H,8-9H2,1-3H3. The number of nitrogens with one attached hydrogen (secondary N) is 1. The third kappa shape index (κ3) is 3.60. The third-order valence-corrected chi connectivity index (χ3v) is 3.37. The second-order valence-electron chi connectivity index (χ2n) is 5.77. The van der Waals surface area contributed by atoms with Crippen LogP contribution in [0.5, 0.6) is 0 Å². The van der Waals surface area contributed by atoms with Crippen molar-refractivity contribution in [2.24, 2.45) is 5.92 Å². The fourth-order valence-electron chi connectivity index (χ4n) is 2.26. The zero-order valence-electron chi connectivity index (χ0n) is 13.0. The second kappa shape index (κ2) is 6.83. The summed E-state index contributed by atoms with van der Waals surface area (Å²) in [4.78, 5) is 12.0. The predicted molar refractivity (Wildman–Crippen MR) is 83.2 cm³/mol. The normalized spacial score (nSPS) is 11.2. The molecule has 0 fully saturated rings. The zero-order chi connectivity index (χ0) is 16.3. The van der Waals surface area contributed by atoms with Gasteiger partial charge in [0.15, 0.2) is 5.43 Å². The van der Waals surface area contributed by atoms with Crippen LogP contribution in [0.1, 0.15) is 25.1 Å². The Hall–Kier alpha value is -2.01. The number of halogens is 2. The molecule has 0 spiro atoms. The van der Waals surface area contributed by atoms with Gasteiger partial charge in [0.2, 0.25) is 0 Å². The lowest BCUT2D eigenvalue weighted by Gasteiger charge is -2.15. The van der Waals surface area contributed by atoms with Gasteiger partial charge in [-0.2, -0.15) is 0 Å². The third-order valence-electron chi connectivity index (χ3n) is 3.37. The molecule has 0 saturated carbocycles. The zero-order valence-corrected chi connectivity index (χ0v) is 13.0. The molecule has 0 aliphatic carbocycles. The van der Waals surface area contributed by atoms with E-state index >= 15 is 0 Å². The Balaban J connectivity index is 2.42. The minimum Gasteiger partial charge on any atom is -0.316 e. The summed E-state index contributed by atoms with van der Waals surface area (Å²) in [5.41, 5.74) is 0.669. The Morgan fingerprint density at radius 2 is 1.86 bits per heavy atom. The molecule has 1 aromatic heterocycles. The molecule has 1 aromatic carbocycles. The van der Waals surface area contributed by atoms with Crippen molar-refractivity contribution in [2.75, 3.05) is 6.54 Å². The van der Waals surface area contributed by atoms with Crippen LogP contribution >= 0.6 is 0 Å². The monoisotopic (exact) mass is 306 g/mol. The molecule has 1 heterocycles. The molecule has 0 unspecified atom stereocenters. The van der Waals surface area contributed by atoms with E-state index in [4.69, 9.17) is 0 Å². The molecule has 0 saturated heterocycles. The first-order chi connectivity index (χ1) is 10.4. The van der Waals surface area contributed by atoms with E-state index < -0.39 is 11.6 Å². The topological polar surface area (TPSA) is 34.0 Å². The van der Waals surface area contributed by atoms with E-state index in [0.717, 1.165) is 6.54 Å². The number of para-hydroxylation sites is 1. The highest BCUT2D eigenvalue weighted by atomic mass is 19.1. The molecule has 1 N–H and O–H groups in total. The number of hydrogen-bond donors (Lipinski definition) is 1. The molecule has 22 heavy (non-hydrogen) atoms. The van der Waals surface area contributed by atoms with Crippen LogP contribution in [0.25, 0.3) is 5.69 Å². The van der Waals surface area contributed by atoms with Crippen molar-refractivity contribution in [3.05, 3.63) is 63.6 Å². The van der Waals surface area contributed by atoms with Crippen molar-refractivity contribution in [1.29, 1.82) is 0 Å². The van der Waals surface area contributed by atoms with E-state index in [2.05, 4.69) is 19.2 Å². The fourth-order valence-corrected chi connectivity index (χ4v) is 2.26. The van der Waals surface area contributed by atoms with Gasteiger partial charge in [-0.3, -0.25) is 4.79 Å². The van der Waals surface area contributed by atoms with E-state index in [1.165, 1.54) is 35.0 Å². The van der Waals surface area contributed by atoms with Crippen LogP contribution in [0.3, 0.4) is 0 Å². The van der Waals surface area contributed by atoms with Crippen LogP contribution in [0.15, 0.2) is 35.3 Å². The SMILES string of the molecule is Cc1cc(=O)c(CNCC(C)C)cn1-c1c(F)cccc1F. The predicted octanol–water partition coefficient (Wildman–Crippen LogP) is 3.17. The van der Waals surface area contributed by atoms with E-state index in [-0.39, 0.29) is 11.1 Å². The van der Waals surface area contributed by atoms with Crippen molar-refractivity contribution >= 4 is 0 Å². The molecule has 2 rings (SSSR count). The largest absolute Gasteiger partial charge is 0.316 e. The number of rotatable bonds is 5. The van der Waals surface area contributed by atoms with Gasteiger partial charge >= 0.3 is 0 Å². The first-order valence-corrected chi connectivity index (χ1v) is 7.27. The van der Waals surface area contributed by atoms with Gasteiger partial charge in [-0.05, 0) is 31.5 Å². The van der Waals surface area contributed by atoms with Gasteiger partial charge in [0, 0.05) is 30.1 Å². The quantitative estimate of drug-likeness (QED) is 0.920. The summed E-state index contributed by atoms with van der Waals surface area (Å²) in [6.45, 7) is 6.91. The Morgan fingerprint density at radius 1 is 1.23 bits per heavy atom. The van der Waals surface area contributed by atoms with Gasteiger partial charge in [-0.15, -0.1) is 0 Å². The first-order valence-electron chi connectivity index (χ1n) is 7.27. The molecule has 0 amide bonds. The molecule has 0 radical (unpaired) electrons. The van der Waals surface area contributed by atoms with Crippen molar-refractivity contribution in [3.8, 4) is 5.69 Å². The summed E-state index contributed by atoms with van der Waals surface area (Å²) < 4.78 is 29.3. The van der Waals surface area contributed by atoms with Gasteiger partial charge in [0.25, 0.3) is 0 Å². The number of aromatic nitrogens is 1. The maximum absolute atomic E-state index is 14.0. The highest BCUT2D eigenvalue weighted by molar-refractivity contribution is 5.38. The Labute approximate surface area is 128 Å². The van der Waals surface area contributed by atoms with Crippen LogP contribution in [0, 0.1) is 24.5 Å². The summed E-state index contributed by atoms with van der Waals surface area (Å²) in [6.07, 6.45) is 1.51. The Kier molecular flexibility index (Phi) is 5.08. The summed E-state index contributed by atoms with van der Waals surface area (Å²) in [6, 6.07) is 5.12. The highest BCUT2D eigenvalue weighted by Gasteiger charge is 2.13. The number of aryl methyl sites for hydroxylation is 1. The fraction of sp³-hybridized carbons (Fsp3) is 0.353. The lowest BCUT2D eigenvalue weighted by Crippen LogP contribution is -2.24. The van der Waals surface area contributed by atoms with Crippen LogP contribution in [-0.2, 0) is 6.54 Å². The van der Waals surface area contributed by atoms with Crippen LogP contribution < -0.4 is 10.7 Å². The summed E-state index contributed by atoms with van der Waals surface area (Å²) >= 11 is 0. The van der Waals surface area contributed by atoms with Gasteiger partial charge in [0.05, 0.1) is 0 Å². The van der Waals surface area contributed by atoms with Crippen molar-refractivity contribution in [3.63, 3.8) is 0 Å². The van der Waals surface area contributed by atoms with Crippen molar-refractivity contribution in [2.45, 2.75) is 27.3 Å². The summed E-state index contributed by atoms with van der Waals surface area (Å²) in [5.74, 6) is -0.864. The summed E-state index contributed by atoms with van der Waals surface area (Å²) in [7, 11) is 0. The van der Waals surface area contributed by atoms with Gasteiger partial charge in [-0.1, -0.05) is 19.9 Å². The number of nitrogens with zero attached hydrogens (tertiary/aromatic N) is 1. The molecule has 5 heteroatoms. The molecular formula is C17H20F2N2O. The highest BCUT2D eigenvalue weighted by Crippen LogP contribution is 2.19. The maximum atomic E-state index is 14.0. The lowest BCUT2D eigenvalue weighted by molar-refractivity contribution is 0.548. The minimum atomic E-state index is -0.659. The van der Waals surface area contributed by atoms with Gasteiger partial charge in [0.1, 0.15) is 17.3 Å². The molecule has 2 aromatic rings. The summed E-state index contributed by atoms with van der Waals surface area (Å²) in [5, 5.41) is 3.17. The molecule has 0 bridgehead atoms. The van der Waals surface area contributed by atoms with Gasteiger partial charge in [-0.25, -0.2) is 8.78 Å². The van der Waals surface area contributed by atoms with E-state index in [9.17, 15) is 13.6 Å². The number of benzene rings is 1. The van der Waals surface area contributed by atoms with E-state index in [1.54, 1.807) is 6.92 Å². The molecule has 0 aliphatic heterocycles. The van der Waals surface area contributed by atoms with Crippen LogP contribution in [0.4, 0.5) is 8.78 Å². The number of pyridine rings is 1. The molecule has 118 valence electrons. The average molecular weight is 306 g/mol. The van der Waals surface area contributed by atoms with Crippen LogP contribution in [-0.4, -0.2) is 11.1 Å². The van der Waals surface area contributed by atoms with Gasteiger partial charge < -0.3 is 9.88 Å². The number of hydrogen-bond acceptors (Lipinski definition) is 2. The lowest BCUT2D eigenvalue weighted by atomic mass is 10.2. The maximum Gasteiger partial charge on any atom is 0.186 e. The van der Waals surface area contributed by atoms with Crippen molar-refractivity contribution < 1.29 is 8.78 Å². The first kappa shape index (κ1) is 16.4. The molecule has 0 atom stereocenters. The minimum absolute atomic E-state index is 0.137. The molecular weight excluding hydrogens is 286 g/mol. The molecule has 0 aliphatic rings. The molecule has 3 nitrogen and oxygen atoms in total. The van der Waals surface area contributed by atoms with E-state index in [0.29, 0.717) is 23.7 Å². The Bertz CT molecular complexity index is 703. The Morgan fingerprint density at radius 3 is 2.45 bits per heavy atom. The van der Waals surface area contributed by atoms with Crippen molar-refractivity contribution in [1.82, 2.24) is 9.88 Å².